The van der Waals surface area contributed by atoms with E-state index in [4.69, 9.17) is 16.0 Å². The Hall–Kier alpha value is -1.20. The molecule has 0 saturated carbocycles. The molecule has 1 aromatic rings. The van der Waals surface area contributed by atoms with Gasteiger partial charge in [0.15, 0.2) is 5.22 Å². The van der Waals surface area contributed by atoms with Crippen molar-refractivity contribution in [2.45, 2.75) is 12.8 Å². The van der Waals surface area contributed by atoms with Gasteiger partial charge >= 0.3 is 6.03 Å². The highest BCUT2D eigenvalue weighted by atomic mass is 35.5. The Kier molecular flexibility index (Phi) is 4.28. The van der Waals surface area contributed by atoms with Gasteiger partial charge in [0, 0.05) is 12.6 Å². The van der Waals surface area contributed by atoms with Gasteiger partial charge in [-0.15, -0.1) is 0 Å². The predicted molar refractivity (Wildman–Crippen MR) is 66.3 cm³/mol. The second kappa shape index (κ2) is 5.93. The van der Waals surface area contributed by atoms with Crippen molar-refractivity contribution in [2.24, 2.45) is 5.92 Å². The Morgan fingerprint density at radius 3 is 3.12 bits per heavy atom. The zero-order chi connectivity index (χ0) is 12.1. The Bertz CT molecular complexity index is 375. The molecule has 0 spiro atoms. The number of carbonyl (C=O) groups excluding carboxylic acids is 1. The summed E-state index contributed by atoms with van der Waals surface area (Å²) >= 11 is 5.60. The number of furan rings is 1. The molecule has 3 N–H and O–H groups in total. The average molecular weight is 258 g/mol. The second-order valence-corrected chi connectivity index (χ2v) is 4.52. The normalized spacial score (nSPS) is 19.9. The third-order valence-corrected chi connectivity index (χ3v) is 2.96. The van der Waals surface area contributed by atoms with E-state index >= 15 is 0 Å². The highest BCUT2D eigenvalue weighted by molar-refractivity contribution is 6.29. The summed E-state index contributed by atoms with van der Waals surface area (Å²) in [6.07, 6.45) is 2.32. The van der Waals surface area contributed by atoms with E-state index in [1.807, 2.05) is 0 Å². The topological polar surface area (TPSA) is 66.3 Å². The lowest BCUT2D eigenvalue weighted by atomic mass is 10.00. The van der Waals surface area contributed by atoms with E-state index in [0.717, 1.165) is 19.5 Å². The van der Waals surface area contributed by atoms with Gasteiger partial charge in [-0.1, -0.05) is 0 Å². The van der Waals surface area contributed by atoms with Crippen LogP contribution in [0.1, 0.15) is 12.8 Å². The van der Waals surface area contributed by atoms with Gasteiger partial charge in [-0.2, -0.15) is 0 Å². The van der Waals surface area contributed by atoms with Crippen LogP contribution in [0.4, 0.5) is 10.7 Å². The van der Waals surface area contributed by atoms with Crippen LogP contribution in [-0.4, -0.2) is 25.7 Å². The molecule has 2 heterocycles. The second-order valence-electron chi connectivity index (χ2n) is 4.15. The van der Waals surface area contributed by atoms with Crippen LogP contribution in [0.2, 0.25) is 5.22 Å². The lowest BCUT2D eigenvalue weighted by Gasteiger charge is -2.22. The maximum Gasteiger partial charge on any atom is 0.321 e. The molecule has 0 aromatic carbocycles. The molecule has 1 saturated heterocycles. The summed E-state index contributed by atoms with van der Waals surface area (Å²) in [5.74, 6) is 0.865. The molecular formula is C11H16ClN3O2. The first kappa shape index (κ1) is 12.3. The van der Waals surface area contributed by atoms with Gasteiger partial charge in [0.05, 0.1) is 0 Å². The number of halogens is 1. The van der Waals surface area contributed by atoms with Gasteiger partial charge in [0.2, 0.25) is 5.88 Å². The summed E-state index contributed by atoms with van der Waals surface area (Å²) in [5.41, 5.74) is 0. The van der Waals surface area contributed by atoms with E-state index in [2.05, 4.69) is 16.0 Å². The first-order valence-electron chi connectivity index (χ1n) is 5.75. The molecule has 6 heteroatoms. The molecular weight excluding hydrogens is 242 g/mol. The zero-order valence-corrected chi connectivity index (χ0v) is 10.2. The summed E-state index contributed by atoms with van der Waals surface area (Å²) < 4.78 is 5.03. The van der Waals surface area contributed by atoms with Gasteiger partial charge < -0.3 is 15.1 Å². The molecule has 17 heavy (non-hydrogen) atoms. The summed E-state index contributed by atoms with van der Waals surface area (Å²) in [7, 11) is 0. The number of nitrogens with one attached hydrogen (secondary N) is 3. The number of carbonyl (C=O) groups is 1. The van der Waals surface area contributed by atoms with Crippen LogP contribution >= 0.6 is 11.6 Å². The Morgan fingerprint density at radius 1 is 1.59 bits per heavy atom. The van der Waals surface area contributed by atoms with E-state index in [9.17, 15) is 4.79 Å². The molecule has 0 aliphatic carbocycles. The lowest BCUT2D eigenvalue weighted by molar-refractivity contribution is 0.247. The van der Waals surface area contributed by atoms with Gasteiger partial charge in [-0.05, 0) is 49.5 Å². The van der Waals surface area contributed by atoms with E-state index in [1.54, 1.807) is 12.1 Å². The molecule has 5 nitrogen and oxygen atoms in total. The molecule has 1 aromatic heterocycles. The third kappa shape index (κ3) is 3.94. The summed E-state index contributed by atoms with van der Waals surface area (Å²) in [6, 6.07) is 2.94. The number of hydrogen-bond acceptors (Lipinski definition) is 3. The van der Waals surface area contributed by atoms with Gasteiger partial charge in [-0.25, -0.2) is 4.79 Å². The predicted octanol–water partition coefficient (Wildman–Crippen LogP) is 2.05. The molecule has 1 unspecified atom stereocenters. The number of anilines is 1. The monoisotopic (exact) mass is 257 g/mol. The standard InChI is InChI=1S/C11H16ClN3O2/c12-9-3-4-10(17-9)15-11(16)14-7-8-2-1-5-13-6-8/h3-4,8,13H,1-2,5-7H2,(H2,14,15,16). The minimum Gasteiger partial charge on any atom is -0.429 e. The maximum atomic E-state index is 11.5. The fourth-order valence-electron chi connectivity index (χ4n) is 1.87. The van der Waals surface area contributed by atoms with E-state index in [-0.39, 0.29) is 11.3 Å². The van der Waals surface area contributed by atoms with Crippen molar-refractivity contribution in [1.82, 2.24) is 10.6 Å². The number of urea groups is 1. The summed E-state index contributed by atoms with van der Waals surface area (Å²) in [6.45, 7) is 2.72. The average Bonchev–Trinajstić information content (AvgIpc) is 2.73. The van der Waals surface area contributed by atoms with Crippen LogP contribution < -0.4 is 16.0 Å². The number of piperidine rings is 1. The molecule has 1 aliphatic heterocycles. The van der Waals surface area contributed by atoms with Gasteiger partial charge in [-0.3, -0.25) is 5.32 Å². The number of amides is 2. The largest absolute Gasteiger partial charge is 0.429 e. The van der Waals surface area contributed by atoms with Gasteiger partial charge in [0.1, 0.15) is 0 Å². The molecule has 1 aliphatic rings. The molecule has 1 fully saturated rings. The summed E-state index contributed by atoms with van der Waals surface area (Å²) in [4.78, 5) is 11.5. The van der Waals surface area contributed by atoms with E-state index in [1.165, 1.54) is 6.42 Å². The zero-order valence-electron chi connectivity index (χ0n) is 9.46. The maximum absolute atomic E-state index is 11.5. The van der Waals surface area contributed by atoms with Crippen molar-refractivity contribution >= 4 is 23.5 Å². The minimum absolute atomic E-state index is 0.261. The number of rotatable bonds is 3. The smallest absolute Gasteiger partial charge is 0.321 e. The SMILES string of the molecule is O=C(NCC1CCCNC1)Nc1ccc(Cl)o1. The third-order valence-electron chi connectivity index (χ3n) is 2.76. The van der Waals surface area contributed by atoms with Crippen LogP contribution in [0.25, 0.3) is 0 Å². The molecule has 0 radical (unpaired) electrons. The lowest BCUT2D eigenvalue weighted by Crippen LogP contribution is -2.39. The van der Waals surface area contributed by atoms with Crippen molar-refractivity contribution in [3.63, 3.8) is 0 Å². The summed E-state index contributed by atoms with van der Waals surface area (Å²) in [5, 5.41) is 8.96. The fourth-order valence-corrected chi connectivity index (χ4v) is 2.02. The fraction of sp³-hybridized carbons (Fsp3) is 0.545. The van der Waals surface area contributed by atoms with E-state index in [0.29, 0.717) is 18.3 Å². The Labute approximate surface area is 105 Å². The highest BCUT2D eigenvalue weighted by Gasteiger charge is 2.14. The van der Waals surface area contributed by atoms with Crippen molar-refractivity contribution < 1.29 is 9.21 Å². The van der Waals surface area contributed by atoms with Crippen molar-refractivity contribution in [2.75, 3.05) is 25.0 Å². The quantitative estimate of drug-likeness (QED) is 0.777. The van der Waals surface area contributed by atoms with Crippen LogP contribution in [-0.2, 0) is 0 Å². The Balaban J connectivity index is 1.70. The van der Waals surface area contributed by atoms with Crippen LogP contribution in [0.15, 0.2) is 16.5 Å². The van der Waals surface area contributed by atoms with Crippen LogP contribution in [0.5, 0.6) is 0 Å². The van der Waals surface area contributed by atoms with Crippen LogP contribution in [0, 0.1) is 5.92 Å². The molecule has 2 rings (SSSR count). The Morgan fingerprint density at radius 2 is 2.47 bits per heavy atom. The van der Waals surface area contributed by atoms with Crippen molar-refractivity contribution in [3.8, 4) is 0 Å². The first-order chi connectivity index (χ1) is 8.24. The van der Waals surface area contributed by atoms with Crippen molar-refractivity contribution in [3.05, 3.63) is 17.4 Å². The number of hydrogen-bond donors (Lipinski definition) is 3. The van der Waals surface area contributed by atoms with Crippen LogP contribution in [0.3, 0.4) is 0 Å². The molecule has 0 bridgehead atoms. The molecule has 1 atom stereocenters. The minimum atomic E-state index is -0.262. The molecule has 2 amide bonds. The molecule has 94 valence electrons. The van der Waals surface area contributed by atoms with Gasteiger partial charge in [0.25, 0.3) is 0 Å². The first-order valence-corrected chi connectivity index (χ1v) is 6.13. The van der Waals surface area contributed by atoms with E-state index < -0.39 is 0 Å². The highest BCUT2D eigenvalue weighted by Crippen LogP contribution is 2.17. The van der Waals surface area contributed by atoms with Crippen molar-refractivity contribution in [1.29, 1.82) is 0 Å².